The molecule has 0 aromatic heterocycles. The molecule has 0 saturated heterocycles. The first-order valence-electron chi connectivity index (χ1n) is 3.28. The lowest BCUT2D eigenvalue weighted by molar-refractivity contribution is -0.0307. The van der Waals surface area contributed by atoms with E-state index < -0.39 is 6.10 Å². The summed E-state index contributed by atoms with van der Waals surface area (Å²) >= 11 is 0. The quantitative estimate of drug-likeness (QED) is 0.435. The molecule has 0 amide bonds. The zero-order valence-electron chi connectivity index (χ0n) is 6.37. The van der Waals surface area contributed by atoms with Gasteiger partial charge >= 0.3 is 0 Å². The SMILES string of the molecule is CNC(C)OCC(O)CO. The minimum absolute atomic E-state index is 0.0822. The van der Waals surface area contributed by atoms with Gasteiger partial charge in [0.15, 0.2) is 0 Å². The van der Waals surface area contributed by atoms with E-state index in [1.54, 1.807) is 7.05 Å². The minimum Gasteiger partial charge on any atom is -0.394 e. The molecular formula is C6H15NO3. The average Bonchev–Trinajstić information content (AvgIpc) is 1.99. The van der Waals surface area contributed by atoms with Crippen LogP contribution in [-0.2, 0) is 4.74 Å². The van der Waals surface area contributed by atoms with Crippen LogP contribution in [0.1, 0.15) is 6.92 Å². The van der Waals surface area contributed by atoms with Crippen molar-refractivity contribution in [1.82, 2.24) is 5.32 Å². The normalized spacial score (nSPS) is 16.8. The third-order valence-corrected chi connectivity index (χ3v) is 1.16. The van der Waals surface area contributed by atoms with Gasteiger partial charge in [0.1, 0.15) is 12.3 Å². The first-order valence-corrected chi connectivity index (χ1v) is 3.28. The maximum atomic E-state index is 8.80. The van der Waals surface area contributed by atoms with Crippen molar-refractivity contribution >= 4 is 0 Å². The van der Waals surface area contributed by atoms with Gasteiger partial charge < -0.3 is 14.9 Å². The molecule has 0 rings (SSSR count). The zero-order chi connectivity index (χ0) is 7.98. The van der Waals surface area contributed by atoms with Crippen LogP contribution in [-0.4, -0.2) is 42.8 Å². The molecule has 0 aliphatic rings. The highest BCUT2D eigenvalue weighted by molar-refractivity contribution is 4.50. The van der Waals surface area contributed by atoms with Gasteiger partial charge in [-0.15, -0.1) is 0 Å². The fraction of sp³-hybridized carbons (Fsp3) is 1.00. The summed E-state index contributed by atoms with van der Waals surface area (Å²) in [6.07, 6.45) is -0.850. The summed E-state index contributed by atoms with van der Waals surface area (Å²) < 4.78 is 5.02. The van der Waals surface area contributed by atoms with Crippen LogP contribution in [0.2, 0.25) is 0 Å². The number of hydrogen-bond donors (Lipinski definition) is 3. The summed E-state index contributed by atoms with van der Waals surface area (Å²) in [5, 5.41) is 20.0. The molecule has 2 unspecified atom stereocenters. The summed E-state index contributed by atoms with van der Waals surface area (Å²) in [4.78, 5) is 0. The van der Waals surface area contributed by atoms with Gasteiger partial charge in [-0.1, -0.05) is 0 Å². The molecule has 0 aliphatic heterocycles. The van der Waals surface area contributed by atoms with Crippen LogP contribution < -0.4 is 5.32 Å². The summed E-state index contributed by atoms with van der Waals surface area (Å²) in [7, 11) is 1.76. The Morgan fingerprint density at radius 2 is 2.20 bits per heavy atom. The molecule has 3 N–H and O–H groups in total. The standard InChI is InChI=1S/C6H15NO3/c1-5(7-2)10-4-6(9)3-8/h5-9H,3-4H2,1-2H3. The maximum Gasteiger partial charge on any atom is 0.105 e. The van der Waals surface area contributed by atoms with Gasteiger partial charge in [-0.25, -0.2) is 0 Å². The van der Waals surface area contributed by atoms with E-state index in [0.29, 0.717) is 0 Å². The van der Waals surface area contributed by atoms with Gasteiger partial charge in [-0.2, -0.15) is 0 Å². The largest absolute Gasteiger partial charge is 0.394 e. The lowest BCUT2D eigenvalue weighted by Gasteiger charge is -2.13. The van der Waals surface area contributed by atoms with Gasteiger partial charge in [0.2, 0.25) is 0 Å². The Labute approximate surface area is 60.8 Å². The second-order valence-corrected chi connectivity index (χ2v) is 2.10. The van der Waals surface area contributed by atoms with Gasteiger partial charge in [0.25, 0.3) is 0 Å². The fourth-order valence-corrected chi connectivity index (χ4v) is 0.391. The average molecular weight is 149 g/mol. The Bertz CT molecular complexity index is 69.4. The van der Waals surface area contributed by atoms with Crippen LogP contribution in [0.4, 0.5) is 0 Å². The molecule has 10 heavy (non-hydrogen) atoms. The van der Waals surface area contributed by atoms with Gasteiger partial charge in [-0.3, -0.25) is 5.32 Å². The van der Waals surface area contributed by atoms with Crippen LogP contribution >= 0.6 is 0 Å². The van der Waals surface area contributed by atoms with Crippen LogP contribution in [0.5, 0.6) is 0 Å². The van der Waals surface area contributed by atoms with Crippen LogP contribution in [0.25, 0.3) is 0 Å². The molecule has 0 heterocycles. The Balaban J connectivity index is 3.17. The van der Waals surface area contributed by atoms with Crippen molar-refractivity contribution in [1.29, 1.82) is 0 Å². The number of hydrogen-bond acceptors (Lipinski definition) is 4. The molecule has 0 aromatic carbocycles. The summed E-state index contributed by atoms with van der Waals surface area (Å²) in [6.45, 7) is 1.74. The fourth-order valence-electron chi connectivity index (χ4n) is 0.391. The Kier molecular flexibility index (Phi) is 5.52. The number of rotatable bonds is 5. The van der Waals surface area contributed by atoms with Crippen molar-refractivity contribution in [3.63, 3.8) is 0 Å². The highest BCUT2D eigenvalue weighted by Crippen LogP contribution is 1.87. The number of aliphatic hydroxyl groups excluding tert-OH is 2. The Hall–Kier alpha value is -0.160. The summed E-state index contributed by atoms with van der Waals surface area (Å²) in [5.41, 5.74) is 0. The van der Waals surface area contributed by atoms with Crippen LogP contribution in [0.3, 0.4) is 0 Å². The molecule has 0 radical (unpaired) electrons. The van der Waals surface area contributed by atoms with Crippen molar-refractivity contribution in [3.05, 3.63) is 0 Å². The van der Waals surface area contributed by atoms with E-state index in [2.05, 4.69) is 5.32 Å². The first-order chi connectivity index (χ1) is 4.70. The molecule has 4 heteroatoms. The first kappa shape index (κ1) is 9.84. The topological polar surface area (TPSA) is 61.7 Å². The molecule has 0 saturated carbocycles. The van der Waals surface area contributed by atoms with Gasteiger partial charge in [-0.05, 0) is 14.0 Å². The minimum atomic E-state index is -0.768. The van der Waals surface area contributed by atoms with E-state index in [4.69, 9.17) is 14.9 Å². The van der Waals surface area contributed by atoms with E-state index >= 15 is 0 Å². The van der Waals surface area contributed by atoms with Gasteiger partial charge in [0.05, 0.1) is 13.2 Å². The summed E-state index contributed by atoms with van der Waals surface area (Å²) in [6, 6.07) is 0. The molecular weight excluding hydrogens is 134 g/mol. The molecule has 0 aromatic rings. The second kappa shape index (κ2) is 5.61. The molecule has 0 fully saturated rings. The zero-order valence-corrected chi connectivity index (χ0v) is 6.37. The Morgan fingerprint density at radius 3 is 2.60 bits per heavy atom. The van der Waals surface area contributed by atoms with Gasteiger partial charge in [0, 0.05) is 0 Å². The van der Waals surface area contributed by atoms with Crippen molar-refractivity contribution in [2.75, 3.05) is 20.3 Å². The molecule has 0 spiro atoms. The maximum absolute atomic E-state index is 8.80. The molecule has 0 bridgehead atoms. The molecule has 0 aliphatic carbocycles. The van der Waals surface area contributed by atoms with E-state index in [1.807, 2.05) is 6.92 Å². The van der Waals surface area contributed by atoms with Crippen LogP contribution in [0, 0.1) is 0 Å². The molecule has 2 atom stereocenters. The summed E-state index contributed by atoms with van der Waals surface area (Å²) in [5.74, 6) is 0. The lowest BCUT2D eigenvalue weighted by Crippen LogP contribution is -2.30. The second-order valence-electron chi connectivity index (χ2n) is 2.10. The number of ether oxygens (including phenoxy) is 1. The molecule has 62 valence electrons. The van der Waals surface area contributed by atoms with Crippen LogP contribution in [0.15, 0.2) is 0 Å². The van der Waals surface area contributed by atoms with E-state index in [9.17, 15) is 0 Å². The monoisotopic (exact) mass is 149 g/mol. The predicted octanol–water partition coefficient (Wildman–Crippen LogP) is -1.08. The van der Waals surface area contributed by atoms with E-state index in [0.717, 1.165) is 0 Å². The molecule has 4 nitrogen and oxygen atoms in total. The van der Waals surface area contributed by atoms with Crippen molar-refractivity contribution in [2.45, 2.75) is 19.3 Å². The number of nitrogens with one attached hydrogen (secondary N) is 1. The van der Waals surface area contributed by atoms with Crippen molar-refractivity contribution in [2.24, 2.45) is 0 Å². The van der Waals surface area contributed by atoms with E-state index in [-0.39, 0.29) is 19.4 Å². The predicted molar refractivity (Wildman–Crippen MR) is 37.6 cm³/mol. The number of aliphatic hydroxyl groups is 2. The highest BCUT2D eigenvalue weighted by atomic mass is 16.5. The third kappa shape index (κ3) is 4.69. The highest BCUT2D eigenvalue weighted by Gasteiger charge is 2.03. The third-order valence-electron chi connectivity index (χ3n) is 1.16. The van der Waals surface area contributed by atoms with E-state index in [1.165, 1.54) is 0 Å². The van der Waals surface area contributed by atoms with Crippen molar-refractivity contribution in [3.8, 4) is 0 Å². The smallest absolute Gasteiger partial charge is 0.105 e. The van der Waals surface area contributed by atoms with Crippen molar-refractivity contribution < 1.29 is 14.9 Å². The lowest BCUT2D eigenvalue weighted by atomic mass is 10.4. The Morgan fingerprint density at radius 1 is 1.60 bits per heavy atom.